The summed E-state index contributed by atoms with van der Waals surface area (Å²) in [5.74, 6) is 0. The smallest absolute Gasteiger partial charge is 0.0991 e. The van der Waals surface area contributed by atoms with Crippen LogP contribution in [-0.4, -0.2) is 14.1 Å². The minimum Gasteiger partial charge on any atom is -0.504 e. The first-order valence-electron chi connectivity index (χ1n) is 12.0. The Hall–Kier alpha value is -3.79. The molecule has 0 saturated heterocycles. The Balaban J connectivity index is 0.00000280. The zero-order valence-electron chi connectivity index (χ0n) is 21.2. The van der Waals surface area contributed by atoms with Crippen molar-refractivity contribution in [3.05, 3.63) is 109 Å². The van der Waals surface area contributed by atoms with E-state index in [9.17, 15) is 5.26 Å². The second-order valence-corrected chi connectivity index (χ2v) is 9.41. The van der Waals surface area contributed by atoms with E-state index >= 15 is 0 Å². The predicted molar refractivity (Wildman–Crippen MR) is 147 cm³/mol. The molecule has 5 nitrogen and oxygen atoms in total. The summed E-state index contributed by atoms with van der Waals surface area (Å²) >= 11 is 0. The summed E-state index contributed by atoms with van der Waals surface area (Å²) < 4.78 is 0. The molecule has 37 heavy (non-hydrogen) atoms. The van der Waals surface area contributed by atoms with Crippen molar-refractivity contribution in [2.75, 3.05) is 33.7 Å². The van der Waals surface area contributed by atoms with E-state index in [0.717, 1.165) is 56.4 Å². The van der Waals surface area contributed by atoms with Gasteiger partial charge in [0.1, 0.15) is 0 Å². The summed E-state index contributed by atoms with van der Waals surface area (Å²) in [5.41, 5.74) is 11.6. The van der Waals surface area contributed by atoms with E-state index in [2.05, 4.69) is 134 Å². The number of hydrogen-bond donors (Lipinski definition) is 0. The number of anilines is 6. The van der Waals surface area contributed by atoms with Gasteiger partial charge in [0.25, 0.3) is 0 Å². The Kier molecular flexibility index (Phi) is 6.44. The number of fused-ring (bicyclic) bond motifs is 2. The minimum atomic E-state index is 0. The summed E-state index contributed by atoms with van der Waals surface area (Å²) in [6.45, 7) is 8.37. The van der Waals surface area contributed by atoms with Crippen LogP contribution in [0.4, 0.5) is 34.1 Å². The van der Waals surface area contributed by atoms with E-state index in [1.54, 1.807) is 0 Å². The molecule has 2 aliphatic heterocycles. The van der Waals surface area contributed by atoms with Gasteiger partial charge in [-0.2, -0.15) is 18.6 Å². The van der Waals surface area contributed by atoms with Crippen LogP contribution in [0.5, 0.6) is 0 Å². The van der Waals surface area contributed by atoms with Crippen LogP contribution < -0.4 is 19.6 Å². The molecule has 4 aromatic carbocycles. The standard InChI is InChI=1S/C31H26N5.Os/c1-21-13-23(18-32)14-22(2)31(21)24-15-25(35-19-33(3)27-9-5-7-11-29(27)35)17-26(16-24)36-20-34(4)28-10-6-8-12-30(28)36;/h5-16,19-20H,1-4H3;/q-3;. The summed E-state index contributed by atoms with van der Waals surface area (Å²) in [7, 11) is 4.13. The normalized spacial score (nSPS) is 13.8. The zero-order valence-corrected chi connectivity index (χ0v) is 23.7. The molecule has 0 radical (unpaired) electrons. The number of rotatable bonds is 3. The fourth-order valence-electron chi connectivity index (χ4n) is 5.34. The van der Waals surface area contributed by atoms with Gasteiger partial charge < -0.3 is 19.6 Å². The van der Waals surface area contributed by atoms with Crippen molar-refractivity contribution in [2.45, 2.75) is 13.8 Å². The Labute approximate surface area is 232 Å². The molecule has 0 aromatic heterocycles. The second kappa shape index (κ2) is 9.58. The van der Waals surface area contributed by atoms with E-state index in [1.165, 1.54) is 0 Å². The molecular weight excluding hydrogens is 633 g/mol. The number of nitriles is 1. The summed E-state index contributed by atoms with van der Waals surface area (Å²) in [6, 6.07) is 31.1. The number of hydrogen-bond acceptors (Lipinski definition) is 5. The quantitative estimate of drug-likeness (QED) is 0.221. The van der Waals surface area contributed by atoms with Gasteiger partial charge in [-0.15, -0.1) is 35.1 Å². The van der Waals surface area contributed by atoms with Crippen molar-refractivity contribution in [3.8, 4) is 17.2 Å². The Morgan fingerprint density at radius 2 is 1.14 bits per heavy atom. The van der Waals surface area contributed by atoms with Crippen LogP contribution in [0.2, 0.25) is 0 Å². The first-order chi connectivity index (χ1) is 17.4. The zero-order chi connectivity index (χ0) is 25.0. The third kappa shape index (κ3) is 4.14. The Morgan fingerprint density at radius 3 is 1.57 bits per heavy atom. The molecule has 6 rings (SSSR count). The number of para-hydroxylation sites is 4. The molecule has 0 N–H and O–H groups in total. The topological polar surface area (TPSA) is 36.8 Å². The van der Waals surface area contributed by atoms with E-state index < -0.39 is 0 Å². The maximum atomic E-state index is 9.47. The van der Waals surface area contributed by atoms with Gasteiger partial charge >= 0.3 is 0 Å². The van der Waals surface area contributed by atoms with Gasteiger partial charge in [0, 0.05) is 42.5 Å². The molecule has 0 bridgehead atoms. The SMILES string of the molecule is Cc1cc(C#N)cc(C)c1-c1cc(N2[CH-]N(C)c3ccccc32)[c-]c(N2[CH-]N(C)c3ccccc32)c1.[Os]. The van der Waals surface area contributed by atoms with Crippen molar-refractivity contribution in [1.82, 2.24) is 0 Å². The fraction of sp³-hybridized carbons (Fsp3) is 0.129. The molecule has 0 unspecified atom stereocenters. The summed E-state index contributed by atoms with van der Waals surface area (Å²) in [4.78, 5) is 8.67. The first-order valence-corrected chi connectivity index (χ1v) is 12.0. The second-order valence-electron chi connectivity index (χ2n) is 9.41. The maximum absolute atomic E-state index is 9.47. The van der Waals surface area contributed by atoms with Crippen molar-refractivity contribution < 1.29 is 19.8 Å². The predicted octanol–water partition coefficient (Wildman–Crippen LogP) is 7.05. The molecule has 0 saturated carbocycles. The molecule has 4 aromatic rings. The van der Waals surface area contributed by atoms with Gasteiger partial charge in [-0.1, -0.05) is 24.3 Å². The maximum Gasteiger partial charge on any atom is 0.0991 e. The molecule has 0 fully saturated rings. The number of benzene rings is 4. The van der Waals surface area contributed by atoms with Crippen molar-refractivity contribution in [3.63, 3.8) is 0 Å². The molecule has 6 heteroatoms. The van der Waals surface area contributed by atoms with Gasteiger partial charge in [0.05, 0.1) is 11.6 Å². The monoisotopic (exact) mass is 660 g/mol. The van der Waals surface area contributed by atoms with E-state index in [-0.39, 0.29) is 19.8 Å². The number of aryl methyl sites for hydroxylation is 2. The molecular formula is C31H26N5Os-3. The van der Waals surface area contributed by atoms with Crippen LogP contribution in [0.15, 0.2) is 72.8 Å². The van der Waals surface area contributed by atoms with Crippen LogP contribution in [0.3, 0.4) is 0 Å². The summed E-state index contributed by atoms with van der Waals surface area (Å²) in [5, 5.41) is 9.47. The molecule has 0 amide bonds. The van der Waals surface area contributed by atoms with Crippen LogP contribution in [0, 0.1) is 44.6 Å². The fourth-order valence-corrected chi connectivity index (χ4v) is 5.34. The average molecular weight is 659 g/mol. The van der Waals surface area contributed by atoms with E-state index in [4.69, 9.17) is 0 Å². The van der Waals surface area contributed by atoms with Gasteiger partial charge in [-0.25, -0.2) is 0 Å². The first kappa shape index (κ1) is 24.9. The van der Waals surface area contributed by atoms with Gasteiger partial charge in [-0.3, -0.25) is 0 Å². The molecule has 0 atom stereocenters. The van der Waals surface area contributed by atoms with E-state index in [1.807, 2.05) is 12.1 Å². The third-order valence-electron chi connectivity index (χ3n) is 6.93. The van der Waals surface area contributed by atoms with Crippen LogP contribution in [0.1, 0.15) is 16.7 Å². The van der Waals surface area contributed by atoms with Crippen molar-refractivity contribution >= 4 is 34.1 Å². The Bertz CT molecular complexity index is 1440. The van der Waals surface area contributed by atoms with Gasteiger partial charge in [0.2, 0.25) is 0 Å². The van der Waals surface area contributed by atoms with Crippen LogP contribution in [-0.2, 0) is 19.8 Å². The minimum absolute atomic E-state index is 0. The van der Waals surface area contributed by atoms with E-state index in [0.29, 0.717) is 5.56 Å². The Morgan fingerprint density at radius 1 is 0.703 bits per heavy atom. The molecule has 2 heterocycles. The van der Waals surface area contributed by atoms with Crippen LogP contribution >= 0.6 is 0 Å². The summed E-state index contributed by atoms with van der Waals surface area (Å²) in [6.07, 6.45) is 0. The third-order valence-corrected chi connectivity index (χ3v) is 6.93. The molecule has 0 spiro atoms. The molecule has 0 aliphatic carbocycles. The molecule has 186 valence electrons. The number of nitrogens with zero attached hydrogens (tertiary/aromatic N) is 5. The molecule has 2 aliphatic rings. The largest absolute Gasteiger partial charge is 0.504 e. The average Bonchev–Trinajstić information content (AvgIpc) is 3.41. The van der Waals surface area contributed by atoms with Crippen molar-refractivity contribution in [2.24, 2.45) is 0 Å². The van der Waals surface area contributed by atoms with Gasteiger partial charge in [0.15, 0.2) is 0 Å². The van der Waals surface area contributed by atoms with Crippen molar-refractivity contribution in [1.29, 1.82) is 5.26 Å². The van der Waals surface area contributed by atoms with Crippen LogP contribution in [0.25, 0.3) is 11.1 Å². The van der Waals surface area contributed by atoms with Gasteiger partial charge in [-0.05, 0) is 81.0 Å².